The fourth-order valence-electron chi connectivity index (χ4n) is 1.03. The van der Waals surface area contributed by atoms with Crippen molar-refractivity contribution in [2.24, 2.45) is 9.98 Å². The summed E-state index contributed by atoms with van der Waals surface area (Å²) in [5.41, 5.74) is 1.83. The molecular formula is C10H8N2. The van der Waals surface area contributed by atoms with Crippen LogP contribution in [0.25, 0.3) is 0 Å². The third-order valence-corrected chi connectivity index (χ3v) is 1.59. The van der Waals surface area contributed by atoms with Gasteiger partial charge in [0.2, 0.25) is 0 Å². The summed E-state index contributed by atoms with van der Waals surface area (Å²) in [6.45, 7) is 0. The largest absolute Gasteiger partial charge is 0.255 e. The predicted octanol–water partition coefficient (Wildman–Crippen LogP) is 2.66. The molecular weight excluding hydrogens is 148 g/mol. The van der Waals surface area contributed by atoms with Gasteiger partial charge < -0.3 is 0 Å². The van der Waals surface area contributed by atoms with Gasteiger partial charge in [-0.25, -0.2) is 0 Å². The second kappa shape index (κ2) is 3.13. The number of hydrogen-bond donors (Lipinski definition) is 0. The lowest BCUT2D eigenvalue weighted by molar-refractivity contribution is 1.46. The average molecular weight is 156 g/mol. The van der Waals surface area contributed by atoms with E-state index < -0.39 is 0 Å². The molecule has 0 saturated carbocycles. The minimum absolute atomic E-state index is 0.915. The predicted molar refractivity (Wildman–Crippen MR) is 51.9 cm³/mol. The zero-order valence-electron chi connectivity index (χ0n) is 6.51. The molecule has 0 aromatic heterocycles. The molecule has 1 aliphatic rings. The molecule has 0 fully saturated rings. The molecule has 0 saturated heterocycles. The van der Waals surface area contributed by atoms with Crippen LogP contribution in [0, 0.1) is 0 Å². The number of benzene rings is 1. The Hall–Kier alpha value is -1.70. The lowest BCUT2D eigenvalue weighted by Crippen LogP contribution is -1.75. The number of para-hydroxylation sites is 2. The number of rotatable bonds is 0. The minimum Gasteiger partial charge on any atom is -0.255 e. The van der Waals surface area contributed by atoms with E-state index in [1.54, 1.807) is 12.4 Å². The molecule has 2 rings (SSSR count). The Morgan fingerprint density at radius 2 is 1.25 bits per heavy atom. The Bertz CT molecular complexity index is 327. The van der Waals surface area contributed by atoms with E-state index >= 15 is 0 Å². The fourth-order valence-corrected chi connectivity index (χ4v) is 1.03. The van der Waals surface area contributed by atoms with Crippen molar-refractivity contribution >= 4 is 23.8 Å². The Morgan fingerprint density at radius 1 is 0.750 bits per heavy atom. The van der Waals surface area contributed by atoms with Gasteiger partial charge in [0.1, 0.15) is 0 Å². The van der Waals surface area contributed by atoms with E-state index in [1.165, 1.54) is 0 Å². The first-order valence-corrected chi connectivity index (χ1v) is 3.79. The first kappa shape index (κ1) is 6.98. The van der Waals surface area contributed by atoms with E-state index in [2.05, 4.69) is 9.98 Å². The molecule has 0 N–H and O–H groups in total. The fraction of sp³-hybridized carbons (Fsp3) is 0. The van der Waals surface area contributed by atoms with E-state index in [-0.39, 0.29) is 0 Å². The standard InChI is InChI=1S/C10H8N2/c1-2-6-10-9(5-1)11-7-3-4-8-12-10/h1-8H/b4-3-,7-3?,8-4?,11-7?,11-9?,12-8?,12-10?. The minimum atomic E-state index is 0.915. The molecule has 0 radical (unpaired) electrons. The third-order valence-electron chi connectivity index (χ3n) is 1.59. The van der Waals surface area contributed by atoms with Gasteiger partial charge in [-0.15, -0.1) is 0 Å². The van der Waals surface area contributed by atoms with Crippen molar-refractivity contribution in [2.45, 2.75) is 0 Å². The lowest BCUT2D eigenvalue weighted by atomic mass is 10.2. The molecule has 1 aromatic rings. The average Bonchev–Trinajstić information content (AvgIpc) is 2.06. The highest BCUT2D eigenvalue weighted by Crippen LogP contribution is 2.26. The zero-order chi connectivity index (χ0) is 8.23. The summed E-state index contributed by atoms with van der Waals surface area (Å²) in [5.74, 6) is 0. The maximum absolute atomic E-state index is 4.22. The first-order valence-electron chi connectivity index (χ1n) is 3.79. The van der Waals surface area contributed by atoms with Gasteiger partial charge in [-0.1, -0.05) is 12.1 Å². The Balaban J connectivity index is 2.54. The lowest BCUT2D eigenvalue weighted by Gasteiger charge is -1.98. The second-order valence-corrected chi connectivity index (χ2v) is 2.43. The summed E-state index contributed by atoms with van der Waals surface area (Å²) >= 11 is 0. The number of allylic oxidation sites excluding steroid dienone is 2. The molecule has 1 aliphatic heterocycles. The van der Waals surface area contributed by atoms with Crippen molar-refractivity contribution in [3.63, 3.8) is 0 Å². The highest BCUT2D eigenvalue weighted by Gasteiger charge is 1.95. The van der Waals surface area contributed by atoms with E-state index in [4.69, 9.17) is 0 Å². The summed E-state index contributed by atoms with van der Waals surface area (Å²) in [6.07, 6.45) is 7.26. The van der Waals surface area contributed by atoms with E-state index in [0.717, 1.165) is 11.4 Å². The van der Waals surface area contributed by atoms with Gasteiger partial charge >= 0.3 is 0 Å². The van der Waals surface area contributed by atoms with Gasteiger partial charge in [0.15, 0.2) is 0 Å². The van der Waals surface area contributed by atoms with Crippen LogP contribution in [0.2, 0.25) is 0 Å². The van der Waals surface area contributed by atoms with Crippen LogP contribution in [0.4, 0.5) is 11.4 Å². The summed E-state index contributed by atoms with van der Waals surface area (Å²) in [4.78, 5) is 8.44. The summed E-state index contributed by atoms with van der Waals surface area (Å²) in [5, 5.41) is 0. The van der Waals surface area contributed by atoms with Crippen LogP contribution in [-0.4, -0.2) is 12.4 Å². The van der Waals surface area contributed by atoms with Crippen molar-refractivity contribution in [3.05, 3.63) is 36.4 Å². The molecule has 0 amide bonds. The van der Waals surface area contributed by atoms with Crippen molar-refractivity contribution in [1.82, 2.24) is 0 Å². The molecule has 2 heteroatoms. The molecule has 0 atom stereocenters. The molecule has 12 heavy (non-hydrogen) atoms. The highest BCUT2D eigenvalue weighted by molar-refractivity contribution is 5.88. The topological polar surface area (TPSA) is 24.7 Å². The Labute approximate surface area is 71.0 Å². The molecule has 1 aromatic carbocycles. The molecule has 0 aliphatic carbocycles. The van der Waals surface area contributed by atoms with E-state index in [9.17, 15) is 0 Å². The van der Waals surface area contributed by atoms with Crippen molar-refractivity contribution in [3.8, 4) is 0 Å². The number of aliphatic imine (C=N–C) groups is 2. The number of nitrogens with zero attached hydrogens (tertiary/aromatic N) is 2. The SMILES string of the molecule is C1=Nc2ccccc2N=C/C=C\1. The van der Waals surface area contributed by atoms with Gasteiger partial charge in [0.05, 0.1) is 11.4 Å². The van der Waals surface area contributed by atoms with Gasteiger partial charge in [0.25, 0.3) is 0 Å². The van der Waals surface area contributed by atoms with Gasteiger partial charge in [-0.2, -0.15) is 0 Å². The van der Waals surface area contributed by atoms with Crippen LogP contribution in [-0.2, 0) is 0 Å². The molecule has 0 spiro atoms. The Kier molecular flexibility index (Phi) is 1.82. The van der Waals surface area contributed by atoms with Crippen LogP contribution in [0.3, 0.4) is 0 Å². The summed E-state index contributed by atoms with van der Waals surface area (Å²) in [7, 11) is 0. The third kappa shape index (κ3) is 1.32. The maximum atomic E-state index is 4.22. The molecule has 58 valence electrons. The highest BCUT2D eigenvalue weighted by atomic mass is 14.8. The zero-order valence-corrected chi connectivity index (χ0v) is 6.51. The van der Waals surface area contributed by atoms with Crippen molar-refractivity contribution < 1.29 is 0 Å². The van der Waals surface area contributed by atoms with Crippen LogP contribution in [0.1, 0.15) is 0 Å². The number of fused-ring (bicyclic) bond motifs is 1. The van der Waals surface area contributed by atoms with E-state index in [0.29, 0.717) is 0 Å². The van der Waals surface area contributed by atoms with Gasteiger partial charge in [-0.05, 0) is 24.3 Å². The van der Waals surface area contributed by atoms with E-state index in [1.807, 2.05) is 36.4 Å². The molecule has 2 nitrogen and oxygen atoms in total. The maximum Gasteiger partial charge on any atom is 0.0886 e. The van der Waals surface area contributed by atoms with Crippen molar-refractivity contribution in [1.29, 1.82) is 0 Å². The molecule has 1 heterocycles. The monoisotopic (exact) mass is 156 g/mol. The van der Waals surface area contributed by atoms with Crippen LogP contribution < -0.4 is 0 Å². The number of hydrogen-bond acceptors (Lipinski definition) is 2. The normalized spacial score (nSPS) is 16.3. The van der Waals surface area contributed by atoms with Gasteiger partial charge in [-0.3, -0.25) is 9.98 Å². The molecule has 0 unspecified atom stereocenters. The quantitative estimate of drug-likeness (QED) is 0.551. The molecule has 0 bridgehead atoms. The van der Waals surface area contributed by atoms with Crippen LogP contribution in [0.5, 0.6) is 0 Å². The summed E-state index contributed by atoms with van der Waals surface area (Å²) in [6, 6.07) is 7.80. The first-order chi connectivity index (χ1) is 5.97. The van der Waals surface area contributed by atoms with Crippen LogP contribution >= 0.6 is 0 Å². The smallest absolute Gasteiger partial charge is 0.0886 e. The Morgan fingerprint density at radius 3 is 1.75 bits per heavy atom. The summed E-state index contributed by atoms with van der Waals surface area (Å²) < 4.78 is 0. The van der Waals surface area contributed by atoms with Crippen LogP contribution in [0.15, 0.2) is 46.4 Å². The van der Waals surface area contributed by atoms with Crippen molar-refractivity contribution in [2.75, 3.05) is 0 Å². The van der Waals surface area contributed by atoms with Gasteiger partial charge in [0, 0.05) is 12.4 Å². The second-order valence-electron chi connectivity index (χ2n) is 2.43.